The van der Waals surface area contributed by atoms with Crippen LogP contribution in [-0.2, 0) is 6.54 Å². The number of amides is 1. The molecule has 2 atom stereocenters. The fourth-order valence-electron chi connectivity index (χ4n) is 3.53. The molecule has 0 spiro atoms. The van der Waals surface area contributed by atoms with E-state index in [1.807, 2.05) is 0 Å². The van der Waals surface area contributed by atoms with Crippen molar-refractivity contribution in [2.24, 2.45) is 5.73 Å². The maximum Gasteiger partial charge on any atom is 0.248 e. The molecule has 3 rings (SSSR count). The van der Waals surface area contributed by atoms with Crippen LogP contribution in [0.25, 0.3) is 0 Å². The molecule has 1 aromatic rings. The highest BCUT2D eigenvalue weighted by atomic mass is 19.1. The predicted molar refractivity (Wildman–Crippen MR) is 72.5 cm³/mol. The molecule has 2 aliphatic heterocycles. The van der Waals surface area contributed by atoms with Crippen LogP contribution in [0.1, 0.15) is 41.6 Å². The van der Waals surface area contributed by atoms with Gasteiger partial charge in [-0.15, -0.1) is 0 Å². The average molecular weight is 278 g/mol. The van der Waals surface area contributed by atoms with Gasteiger partial charge < -0.3 is 10.8 Å². The molecule has 0 radical (unpaired) electrons. The highest BCUT2D eigenvalue weighted by Crippen LogP contribution is 2.37. The lowest BCUT2D eigenvalue weighted by Gasteiger charge is -2.37. The topological polar surface area (TPSA) is 66.6 Å². The van der Waals surface area contributed by atoms with E-state index >= 15 is 0 Å². The van der Waals surface area contributed by atoms with E-state index in [4.69, 9.17) is 5.73 Å². The average Bonchev–Trinajstić information content (AvgIpc) is 2.63. The molecule has 4 nitrogen and oxygen atoms in total. The summed E-state index contributed by atoms with van der Waals surface area (Å²) in [5.74, 6) is -0.997. The monoisotopic (exact) mass is 278 g/mol. The fourth-order valence-corrected chi connectivity index (χ4v) is 3.53. The van der Waals surface area contributed by atoms with Crippen molar-refractivity contribution in [3.8, 4) is 0 Å². The van der Waals surface area contributed by atoms with Crippen LogP contribution in [0.15, 0.2) is 18.2 Å². The smallest absolute Gasteiger partial charge is 0.248 e. The number of primary amides is 1. The predicted octanol–water partition coefficient (Wildman–Crippen LogP) is 1.41. The van der Waals surface area contributed by atoms with E-state index in [2.05, 4.69) is 4.90 Å². The molecular weight excluding hydrogens is 259 g/mol. The molecule has 5 heteroatoms. The summed E-state index contributed by atoms with van der Waals surface area (Å²) in [5.41, 5.74) is 5.93. The van der Waals surface area contributed by atoms with Crippen molar-refractivity contribution in [3.63, 3.8) is 0 Å². The van der Waals surface area contributed by atoms with Crippen molar-refractivity contribution < 1.29 is 14.3 Å². The fraction of sp³-hybridized carbons (Fsp3) is 0.533. The second-order valence-corrected chi connectivity index (χ2v) is 5.85. The molecule has 1 amide bonds. The van der Waals surface area contributed by atoms with Crippen molar-refractivity contribution in [2.75, 3.05) is 0 Å². The standard InChI is InChI=1S/C15H19FN2O2/c16-14-5-9(15(17)20)1-2-10(14)8-18-11-3-4-12(18)7-13(19)6-11/h1-2,5,11-13,19H,3-4,6-8H2,(H2,17,20). The summed E-state index contributed by atoms with van der Waals surface area (Å²) in [5, 5.41) is 9.77. The van der Waals surface area contributed by atoms with Crippen LogP contribution in [0.3, 0.4) is 0 Å². The Bertz CT molecular complexity index is 521. The van der Waals surface area contributed by atoms with Crippen LogP contribution in [-0.4, -0.2) is 34.1 Å². The lowest BCUT2D eigenvalue weighted by Crippen LogP contribution is -2.44. The van der Waals surface area contributed by atoms with Gasteiger partial charge in [0.15, 0.2) is 0 Å². The molecule has 2 aliphatic rings. The maximum absolute atomic E-state index is 14.0. The highest BCUT2D eigenvalue weighted by Gasteiger charge is 2.40. The molecule has 2 heterocycles. The summed E-state index contributed by atoms with van der Waals surface area (Å²) in [7, 11) is 0. The quantitative estimate of drug-likeness (QED) is 0.878. The number of rotatable bonds is 3. The largest absolute Gasteiger partial charge is 0.393 e. The van der Waals surface area contributed by atoms with Gasteiger partial charge in [0.2, 0.25) is 5.91 Å². The molecule has 0 aliphatic carbocycles. The number of aliphatic hydroxyl groups is 1. The molecule has 108 valence electrons. The zero-order valence-corrected chi connectivity index (χ0v) is 11.3. The van der Waals surface area contributed by atoms with Crippen molar-refractivity contribution in [1.29, 1.82) is 0 Å². The summed E-state index contributed by atoms with van der Waals surface area (Å²) >= 11 is 0. The van der Waals surface area contributed by atoms with Gasteiger partial charge in [-0.25, -0.2) is 4.39 Å². The van der Waals surface area contributed by atoms with Crippen molar-refractivity contribution in [3.05, 3.63) is 35.1 Å². The van der Waals surface area contributed by atoms with E-state index in [1.165, 1.54) is 6.07 Å². The molecule has 1 aromatic carbocycles. The third-order valence-corrected chi connectivity index (χ3v) is 4.55. The van der Waals surface area contributed by atoms with Gasteiger partial charge in [-0.2, -0.15) is 0 Å². The van der Waals surface area contributed by atoms with Gasteiger partial charge >= 0.3 is 0 Å². The Balaban J connectivity index is 1.77. The first-order valence-electron chi connectivity index (χ1n) is 7.06. The number of piperidine rings is 1. The number of hydrogen-bond acceptors (Lipinski definition) is 3. The first-order chi connectivity index (χ1) is 9.54. The van der Waals surface area contributed by atoms with Gasteiger partial charge in [0.1, 0.15) is 5.82 Å². The van der Waals surface area contributed by atoms with E-state index in [1.54, 1.807) is 12.1 Å². The number of nitrogens with zero attached hydrogens (tertiary/aromatic N) is 1. The number of aliphatic hydroxyl groups excluding tert-OH is 1. The van der Waals surface area contributed by atoms with E-state index in [0.29, 0.717) is 24.2 Å². The Hall–Kier alpha value is -1.46. The number of halogens is 1. The van der Waals surface area contributed by atoms with Gasteiger partial charge in [0.25, 0.3) is 0 Å². The molecular formula is C15H19FN2O2. The Labute approximate surface area is 117 Å². The Morgan fingerprint density at radius 3 is 2.55 bits per heavy atom. The number of fused-ring (bicyclic) bond motifs is 2. The summed E-state index contributed by atoms with van der Waals surface area (Å²) in [6.07, 6.45) is 3.48. The normalized spacial score (nSPS) is 29.6. The minimum atomic E-state index is -0.614. The van der Waals surface area contributed by atoms with Crippen LogP contribution in [0.2, 0.25) is 0 Å². The summed E-state index contributed by atoms with van der Waals surface area (Å²) < 4.78 is 14.0. The summed E-state index contributed by atoms with van der Waals surface area (Å²) in [4.78, 5) is 13.3. The van der Waals surface area contributed by atoms with Crippen LogP contribution < -0.4 is 5.73 Å². The number of nitrogens with two attached hydrogens (primary N) is 1. The maximum atomic E-state index is 14.0. The zero-order valence-electron chi connectivity index (χ0n) is 11.3. The van der Waals surface area contributed by atoms with Gasteiger partial charge in [-0.1, -0.05) is 6.07 Å². The second-order valence-electron chi connectivity index (χ2n) is 5.85. The highest BCUT2D eigenvalue weighted by molar-refractivity contribution is 5.92. The minimum Gasteiger partial charge on any atom is -0.393 e. The first kappa shape index (κ1) is 13.5. The Morgan fingerprint density at radius 1 is 1.35 bits per heavy atom. The van der Waals surface area contributed by atoms with Crippen LogP contribution >= 0.6 is 0 Å². The lowest BCUT2D eigenvalue weighted by molar-refractivity contribution is 0.0305. The number of carbonyl (C=O) groups excluding carboxylic acids is 1. The van der Waals surface area contributed by atoms with Crippen molar-refractivity contribution in [1.82, 2.24) is 4.90 Å². The van der Waals surface area contributed by atoms with Crippen LogP contribution in [0, 0.1) is 5.82 Å². The summed E-state index contributed by atoms with van der Waals surface area (Å²) in [6.45, 7) is 0.535. The minimum absolute atomic E-state index is 0.197. The van der Waals surface area contributed by atoms with Gasteiger partial charge in [-0.3, -0.25) is 9.69 Å². The second kappa shape index (κ2) is 5.14. The molecule has 2 saturated heterocycles. The molecule has 0 saturated carbocycles. The first-order valence-corrected chi connectivity index (χ1v) is 7.06. The van der Waals surface area contributed by atoms with Gasteiger partial charge in [0, 0.05) is 29.8 Å². The number of hydrogen-bond donors (Lipinski definition) is 2. The number of benzene rings is 1. The zero-order chi connectivity index (χ0) is 14.3. The van der Waals surface area contributed by atoms with E-state index in [0.717, 1.165) is 25.7 Å². The number of carbonyl (C=O) groups is 1. The van der Waals surface area contributed by atoms with Crippen LogP contribution in [0.5, 0.6) is 0 Å². The van der Waals surface area contributed by atoms with Crippen molar-refractivity contribution in [2.45, 2.75) is 50.4 Å². The van der Waals surface area contributed by atoms with E-state index in [9.17, 15) is 14.3 Å². The van der Waals surface area contributed by atoms with Crippen LogP contribution in [0.4, 0.5) is 4.39 Å². The third kappa shape index (κ3) is 2.43. The lowest BCUT2D eigenvalue weighted by atomic mass is 9.99. The van der Waals surface area contributed by atoms with Gasteiger partial charge in [-0.05, 0) is 37.8 Å². The third-order valence-electron chi connectivity index (χ3n) is 4.55. The summed E-state index contributed by atoms with van der Waals surface area (Å²) in [6, 6.07) is 5.11. The Kier molecular flexibility index (Phi) is 3.48. The molecule has 2 fully saturated rings. The molecule has 0 aromatic heterocycles. The SMILES string of the molecule is NC(=O)c1ccc(CN2C3CCC2CC(O)C3)c(F)c1. The molecule has 20 heavy (non-hydrogen) atoms. The van der Waals surface area contributed by atoms with E-state index in [-0.39, 0.29) is 17.5 Å². The van der Waals surface area contributed by atoms with Crippen molar-refractivity contribution >= 4 is 5.91 Å². The molecule has 3 N–H and O–H groups in total. The van der Waals surface area contributed by atoms with Gasteiger partial charge in [0.05, 0.1) is 6.10 Å². The molecule has 2 unspecified atom stereocenters. The van der Waals surface area contributed by atoms with E-state index < -0.39 is 5.91 Å². The molecule has 2 bridgehead atoms. The Morgan fingerprint density at radius 2 is 2.00 bits per heavy atom.